The minimum Gasteiger partial charge on any atom is -0.368 e. The second-order valence-corrected chi connectivity index (χ2v) is 6.40. The van der Waals surface area contributed by atoms with Crippen LogP contribution in [0.15, 0.2) is 6.33 Å². The van der Waals surface area contributed by atoms with E-state index in [1.165, 1.54) is 38.5 Å². The number of aromatic nitrogens is 4. The molecule has 4 rings (SSSR count). The summed E-state index contributed by atoms with van der Waals surface area (Å²) in [4.78, 5) is 22.6. The molecule has 0 aliphatic carbocycles. The molecule has 0 atom stereocenters. The number of hydrogen-bond donors (Lipinski definition) is 1. The summed E-state index contributed by atoms with van der Waals surface area (Å²) in [6.07, 6.45) is 8.99. The fourth-order valence-electron chi connectivity index (χ4n) is 3.60. The first-order chi connectivity index (χ1) is 11.3. The van der Waals surface area contributed by atoms with E-state index in [1.54, 1.807) is 6.33 Å². The van der Waals surface area contributed by atoms with E-state index in [0.717, 1.165) is 48.8 Å². The Balaban J connectivity index is 1.81. The van der Waals surface area contributed by atoms with Crippen LogP contribution in [0, 0.1) is 0 Å². The molecule has 0 amide bonds. The van der Waals surface area contributed by atoms with Gasteiger partial charge in [0, 0.05) is 26.2 Å². The number of nitrogens with two attached hydrogens (primary N) is 1. The summed E-state index contributed by atoms with van der Waals surface area (Å²) in [5, 5.41) is 0. The van der Waals surface area contributed by atoms with Crippen molar-refractivity contribution in [2.45, 2.75) is 38.5 Å². The predicted octanol–water partition coefficient (Wildman–Crippen LogP) is 1.98. The van der Waals surface area contributed by atoms with Crippen LogP contribution in [-0.2, 0) is 0 Å². The maximum atomic E-state index is 6.01. The lowest BCUT2D eigenvalue weighted by Crippen LogP contribution is -2.32. The molecule has 23 heavy (non-hydrogen) atoms. The first-order valence-corrected chi connectivity index (χ1v) is 8.61. The van der Waals surface area contributed by atoms with Gasteiger partial charge in [-0.25, -0.2) is 15.0 Å². The van der Waals surface area contributed by atoms with Gasteiger partial charge in [-0.05, 0) is 38.5 Å². The fraction of sp³-hybridized carbons (Fsp3) is 0.625. The number of rotatable bonds is 2. The van der Waals surface area contributed by atoms with Gasteiger partial charge in [0.05, 0.1) is 0 Å². The van der Waals surface area contributed by atoms with Crippen molar-refractivity contribution in [3.05, 3.63) is 6.33 Å². The third-order valence-electron chi connectivity index (χ3n) is 4.77. The highest BCUT2D eigenvalue weighted by atomic mass is 15.2. The summed E-state index contributed by atoms with van der Waals surface area (Å²) in [5.41, 5.74) is 7.63. The molecule has 7 heteroatoms. The molecule has 0 bridgehead atoms. The number of nitrogens with zero attached hydrogens (tertiary/aromatic N) is 6. The van der Waals surface area contributed by atoms with E-state index in [2.05, 4.69) is 29.7 Å². The molecule has 2 aromatic rings. The number of hydrogen-bond acceptors (Lipinski definition) is 7. The van der Waals surface area contributed by atoms with E-state index in [4.69, 9.17) is 5.73 Å². The first-order valence-electron chi connectivity index (χ1n) is 8.61. The van der Waals surface area contributed by atoms with Crippen molar-refractivity contribution >= 4 is 28.6 Å². The van der Waals surface area contributed by atoms with E-state index in [-0.39, 0.29) is 0 Å². The highest BCUT2D eigenvalue weighted by Crippen LogP contribution is 2.30. The molecule has 0 unspecified atom stereocenters. The molecule has 2 aliphatic heterocycles. The van der Waals surface area contributed by atoms with Crippen molar-refractivity contribution in [3.63, 3.8) is 0 Å². The van der Waals surface area contributed by atoms with Crippen LogP contribution in [0.2, 0.25) is 0 Å². The summed E-state index contributed by atoms with van der Waals surface area (Å²) >= 11 is 0. The van der Waals surface area contributed by atoms with Gasteiger partial charge in [-0.3, -0.25) is 0 Å². The number of piperidine rings is 2. The molecular formula is C16H23N7. The molecule has 0 aromatic carbocycles. The lowest BCUT2D eigenvalue weighted by atomic mass is 10.1. The third-order valence-corrected chi connectivity index (χ3v) is 4.77. The lowest BCUT2D eigenvalue weighted by Gasteiger charge is -2.30. The monoisotopic (exact) mass is 313 g/mol. The average Bonchev–Trinajstić information content (AvgIpc) is 2.62. The zero-order chi connectivity index (χ0) is 15.6. The molecule has 2 aliphatic rings. The Hall–Kier alpha value is -2.18. The zero-order valence-corrected chi connectivity index (χ0v) is 13.4. The zero-order valence-electron chi connectivity index (χ0n) is 13.4. The van der Waals surface area contributed by atoms with E-state index >= 15 is 0 Å². The molecule has 4 heterocycles. The lowest BCUT2D eigenvalue weighted by molar-refractivity contribution is 0.572. The quantitative estimate of drug-likeness (QED) is 0.907. The van der Waals surface area contributed by atoms with Crippen LogP contribution in [-0.4, -0.2) is 46.1 Å². The Labute approximate surface area is 135 Å². The van der Waals surface area contributed by atoms with Gasteiger partial charge >= 0.3 is 0 Å². The molecule has 0 spiro atoms. The average molecular weight is 313 g/mol. The van der Waals surface area contributed by atoms with Crippen molar-refractivity contribution in [1.29, 1.82) is 0 Å². The van der Waals surface area contributed by atoms with Crippen molar-refractivity contribution in [2.75, 3.05) is 41.7 Å². The van der Waals surface area contributed by atoms with Gasteiger partial charge in [-0.2, -0.15) is 4.98 Å². The molecule has 0 saturated carbocycles. The Bertz CT molecular complexity index is 690. The number of nitrogen functional groups attached to an aromatic ring is 1. The van der Waals surface area contributed by atoms with Gasteiger partial charge in [0.1, 0.15) is 17.4 Å². The highest BCUT2D eigenvalue weighted by Gasteiger charge is 2.22. The molecule has 2 saturated heterocycles. The van der Waals surface area contributed by atoms with Gasteiger partial charge in [0.25, 0.3) is 0 Å². The highest BCUT2D eigenvalue weighted by molar-refractivity contribution is 5.93. The van der Waals surface area contributed by atoms with E-state index in [0.29, 0.717) is 5.95 Å². The molecule has 2 N–H and O–H groups in total. The topological polar surface area (TPSA) is 84.1 Å². The van der Waals surface area contributed by atoms with Crippen LogP contribution in [0.4, 0.5) is 17.6 Å². The van der Waals surface area contributed by atoms with Gasteiger partial charge in [-0.15, -0.1) is 0 Å². The smallest absolute Gasteiger partial charge is 0.222 e. The van der Waals surface area contributed by atoms with Crippen molar-refractivity contribution in [2.24, 2.45) is 0 Å². The molecule has 2 aromatic heterocycles. The molecular weight excluding hydrogens is 290 g/mol. The number of fused-ring (bicyclic) bond motifs is 1. The van der Waals surface area contributed by atoms with E-state index < -0.39 is 0 Å². The van der Waals surface area contributed by atoms with Crippen LogP contribution in [0.1, 0.15) is 38.5 Å². The first kappa shape index (κ1) is 14.4. The van der Waals surface area contributed by atoms with Crippen molar-refractivity contribution in [1.82, 2.24) is 19.9 Å². The van der Waals surface area contributed by atoms with Gasteiger partial charge in [-0.1, -0.05) is 0 Å². The van der Waals surface area contributed by atoms with E-state index in [1.807, 2.05) is 0 Å². The van der Waals surface area contributed by atoms with Gasteiger partial charge in [0.15, 0.2) is 11.6 Å². The summed E-state index contributed by atoms with van der Waals surface area (Å²) in [6.45, 7) is 4.06. The van der Waals surface area contributed by atoms with Crippen LogP contribution < -0.4 is 15.5 Å². The maximum absolute atomic E-state index is 6.01. The van der Waals surface area contributed by atoms with Crippen LogP contribution in [0.3, 0.4) is 0 Å². The second kappa shape index (κ2) is 6.14. The van der Waals surface area contributed by atoms with E-state index in [9.17, 15) is 0 Å². The molecule has 2 fully saturated rings. The van der Waals surface area contributed by atoms with Crippen molar-refractivity contribution in [3.8, 4) is 0 Å². The Morgan fingerprint density at radius 2 is 1.30 bits per heavy atom. The van der Waals surface area contributed by atoms with Gasteiger partial charge < -0.3 is 15.5 Å². The summed E-state index contributed by atoms with van der Waals surface area (Å²) < 4.78 is 0. The molecule has 7 nitrogen and oxygen atoms in total. The third kappa shape index (κ3) is 2.75. The van der Waals surface area contributed by atoms with Crippen LogP contribution in [0.25, 0.3) is 11.0 Å². The Morgan fingerprint density at radius 3 is 1.96 bits per heavy atom. The van der Waals surface area contributed by atoms with Crippen molar-refractivity contribution < 1.29 is 0 Å². The standard InChI is InChI=1S/C16H23N7/c17-16-20-13-12(15(21-16)23-9-5-2-6-10-23)18-11-19-14(13)22-7-3-1-4-8-22/h11H,1-10H2,(H2,17,20,21). The largest absolute Gasteiger partial charge is 0.368 e. The minimum atomic E-state index is 0.311. The number of anilines is 3. The molecule has 0 radical (unpaired) electrons. The Kier molecular flexibility index (Phi) is 3.85. The summed E-state index contributed by atoms with van der Waals surface area (Å²) in [6, 6.07) is 0. The van der Waals surface area contributed by atoms with Crippen LogP contribution >= 0.6 is 0 Å². The summed E-state index contributed by atoms with van der Waals surface area (Å²) in [5.74, 6) is 2.08. The molecule has 122 valence electrons. The second-order valence-electron chi connectivity index (χ2n) is 6.40. The minimum absolute atomic E-state index is 0.311. The summed E-state index contributed by atoms with van der Waals surface area (Å²) in [7, 11) is 0. The normalized spacial score (nSPS) is 19.3. The van der Waals surface area contributed by atoms with Crippen LogP contribution in [0.5, 0.6) is 0 Å². The maximum Gasteiger partial charge on any atom is 0.222 e. The predicted molar refractivity (Wildman–Crippen MR) is 91.7 cm³/mol. The Morgan fingerprint density at radius 1 is 0.696 bits per heavy atom. The van der Waals surface area contributed by atoms with Gasteiger partial charge in [0.2, 0.25) is 5.95 Å². The SMILES string of the molecule is Nc1nc(N2CCCCC2)c2ncnc(N3CCCCC3)c2n1. The fourth-order valence-corrected chi connectivity index (χ4v) is 3.60.